The topological polar surface area (TPSA) is 14.2 Å². The minimum atomic E-state index is 0.759. The molecule has 1 aromatic carbocycles. The van der Waals surface area contributed by atoms with Gasteiger partial charge in [0.15, 0.2) is 0 Å². The predicted molar refractivity (Wildman–Crippen MR) is 75.8 cm³/mol. The SMILES string of the molecule is C=C(Br)Cn1ccc2c(OCCC)cccc21. The largest absolute Gasteiger partial charge is 0.493 e. The molecule has 2 rings (SSSR count). The third-order valence-electron chi connectivity index (χ3n) is 2.58. The first kappa shape index (κ1) is 12.2. The van der Waals surface area contributed by atoms with Gasteiger partial charge < -0.3 is 9.30 Å². The summed E-state index contributed by atoms with van der Waals surface area (Å²) in [6, 6.07) is 8.24. The second-order valence-electron chi connectivity index (χ2n) is 4.00. The second kappa shape index (κ2) is 5.41. The van der Waals surface area contributed by atoms with E-state index < -0.39 is 0 Å². The van der Waals surface area contributed by atoms with Gasteiger partial charge in [-0.05, 0) is 24.6 Å². The first-order valence-electron chi connectivity index (χ1n) is 5.76. The molecule has 0 spiro atoms. The predicted octanol–water partition coefficient (Wildman–Crippen LogP) is 4.34. The maximum atomic E-state index is 5.74. The lowest BCUT2D eigenvalue weighted by Gasteiger charge is -2.07. The first-order valence-corrected chi connectivity index (χ1v) is 6.55. The Morgan fingerprint density at radius 1 is 1.41 bits per heavy atom. The monoisotopic (exact) mass is 293 g/mol. The van der Waals surface area contributed by atoms with E-state index >= 15 is 0 Å². The number of ether oxygens (including phenoxy) is 1. The molecule has 3 heteroatoms. The average molecular weight is 294 g/mol. The van der Waals surface area contributed by atoms with Crippen LogP contribution in [0.4, 0.5) is 0 Å². The second-order valence-corrected chi connectivity index (χ2v) is 5.12. The van der Waals surface area contributed by atoms with Crippen molar-refractivity contribution in [1.82, 2.24) is 4.57 Å². The summed E-state index contributed by atoms with van der Waals surface area (Å²) in [7, 11) is 0. The molecule has 0 fully saturated rings. The maximum absolute atomic E-state index is 5.74. The van der Waals surface area contributed by atoms with Crippen LogP contribution in [-0.4, -0.2) is 11.2 Å². The Balaban J connectivity index is 2.38. The number of halogens is 1. The van der Waals surface area contributed by atoms with Crippen molar-refractivity contribution in [3.05, 3.63) is 41.5 Å². The van der Waals surface area contributed by atoms with Crippen molar-refractivity contribution < 1.29 is 4.74 Å². The molecule has 0 saturated heterocycles. The van der Waals surface area contributed by atoms with Crippen LogP contribution in [-0.2, 0) is 6.54 Å². The molecule has 0 atom stereocenters. The fraction of sp³-hybridized carbons (Fsp3) is 0.286. The van der Waals surface area contributed by atoms with Crippen molar-refractivity contribution in [3.8, 4) is 5.75 Å². The maximum Gasteiger partial charge on any atom is 0.128 e. The Bertz CT molecular complexity index is 530. The highest BCUT2D eigenvalue weighted by atomic mass is 79.9. The molecule has 0 aliphatic rings. The minimum absolute atomic E-state index is 0.759. The van der Waals surface area contributed by atoms with E-state index in [1.165, 1.54) is 5.52 Å². The van der Waals surface area contributed by atoms with Crippen LogP contribution < -0.4 is 4.74 Å². The lowest BCUT2D eigenvalue weighted by atomic mass is 10.2. The molecule has 0 aliphatic carbocycles. The Hall–Kier alpha value is -1.22. The zero-order valence-corrected chi connectivity index (χ0v) is 11.5. The van der Waals surface area contributed by atoms with Crippen molar-refractivity contribution in [2.24, 2.45) is 0 Å². The summed E-state index contributed by atoms with van der Waals surface area (Å²) in [5, 5.41) is 1.16. The van der Waals surface area contributed by atoms with Gasteiger partial charge in [-0.25, -0.2) is 0 Å². The van der Waals surface area contributed by atoms with Gasteiger partial charge >= 0.3 is 0 Å². The van der Waals surface area contributed by atoms with E-state index in [9.17, 15) is 0 Å². The van der Waals surface area contributed by atoms with E-state index in [2.05, 4.69) is 52.3 Å². The molecule has 0 N–H and O–H groups in total. The van der Waals surface area contributed by atoms with Crippen LogP contribution in [0, 0.1) is 0 Å². The molecular weight excluding hydrogens is 278 g/mol. The van der Waals surface area contributed by atoms with Crippen molar-refractivity contribution in [2.45, 2.75) is 19.9 Å². The number of rotatable bonds is 5. The third-order valence-corrected chi connectivity index (χ3v) is 2.83. The fourth-order valence-corrected chi connectivity index (χ4v) is 2.13. The van der Waals surface area contributed by atoms with Crippen LogP contribution in [0.15, 0.2) is 41.5 Å². The van der Waals surface area contributed by atoms with Gasteiger partial charge in [0.25, 0.3) is 0 Å². The molecule has 17 heavy (non-hydrogen) atoms. The van der Waals surface area contributed by atoms with Gasteiger partial charge in [-0.3, -0.25) is 0 Å². The molecule has 0 saturated carbocycles. The molecule has 2 nitrogen and oxygen atoms in total. The van der Waals surface area contributed by atoms with Gasteiger partial charge in [-0.15, -0.1) is 0 Å². The van der Waals surface area contributed by atoms with E-state index in [-0.39, 0.29) is 0 Å². The minimum Gasteiger partial charge on any atom is -0.493 e. The van der Waals surface area contributed by atoms with E-state index in [4.69, 9.17) is 4.74 Å². The normalized spacial score (nSPS) is 10.7. The average Bonchev–Trinajstić information content (AvgIpc) is 2.70. The van der Waals surface area contributed by atoms with E-state index in [1.54, 1.807) is 0 Å². The summed E-state index contributed by atoms with van der Waals surface area (Å²) in [6.07, 6.45) is 3.09. The van der Waals surface area contributed by atoms with Crippen LogP contribution in [0.1, 0.15) is 13.3 Å². The molecule has 1 heterocycles. The van der Waals surface area contributed by atoms with Gasteiger partial charge in [-0.2, -0.15) is 0 Å². The van der Waals surface area contributed by atoms with Crippen LogP contribution in [0.2, 0.25) is 0 Å². The van der Waals surface area contributed by atoms with Crippen LogP contribution >= 0.6 is 15.9 Å². The summed E-state index contributed by atoms with van der Waals surface area (Å²) in [6.45, 7) is 7.52. The number of fused-ring (bicyclic) bond motifs is 1. The number of hydrogen-bond acceptors (Lipinski definition) is 1. The molecule has 0 aliphatic heterocycles. The highest BCUT2D eigenvalue weighted by Gasteiger charge is 2.06. The summed E-state index contributed by atoms with van der Waals surface area (Å²) >= 11 is 3.40. The van der Waals surface area contributed by atoms with E-state index in [0.29, 0.717) is 0 Å². The van der Waals surface area contributed by atoms with Crippen LogP contribution in [0.5, 0.6) is 5.75 Å². The summed E-state index contributed by atoms with van der Waals surface area (Å²) < 4.78 is 8.86. The number of hydrogen-bond donors (Lipinski definition) is 0. The summed E-state index contributed by atoms with van der Waals surface area (Å²) in [5.74, 6) is 0.961. The van der Waals surface area contributed by atoms with E-state index in [1.807, 2.05) is 12.1 Å². The molecule has 0 amide bonds. The highest BCUT2D eigenvalue weighted by Crippen LogP contribution is 2.27. The number of aromatic nitrogens is 1. The van der Waals surface area contributed by atoms with Crippen molar-refractivity contribution in [1.29, 1.82) is 0 Å². The smallest absolute Gasteiger partial charge is 0.128 e. The van der Waals surface area contributed by atoms with Gasteiger partial charge in [0.2, 0.25) is 0 Å². The quantitative estimate of drug-likeness (QED) is 0.800. The molecule has 0 unspecified atom stereocenters. The molecule has 90 valence electrons. The lowest BCUT2D eigenvalue weighted by Crippen LogP contribution is -1.97. The molecule has 0 bridgehead atoms. The van der Waals surface area contributed by atoms with Gasteiger partial charge in [-0.1, -0.05) is 35.5 Å². The summed E-state index contributed by atoms with van der Waals surface area (Å²) in [4.78, 5) is 0. The van der Waals surface area contributed by atoms with Crippen molar-refractivity contribution in [2.75, 3.05) is 6.61 Å². The zero-order valence-electron chi connectivity index (χ0n) is 9.95. The Labute approximate surface area is 110 Å². The standard InChI is InChI=1S/C14H16BrNO/c1-3-9-17-14-6-4-5-13-12(14)7-8-16(13)10-11(2)15/h4-8H,2-3,9-10H2,1H3. The Kier molecular flexibility index (Phi) is 3.89. The fourth-order valence-electron chi connectivity index (χ4n) is 1.86. The van der Waals surface area contributed by atoms with Crippen molar-refractivity contribution >= 4 is 26.8 Å². The molecule has 0 radical (unpaired) electrons. The molecule has 1 aromatic heterocycles. The first-order chi connectivity index (χ1) is 8.22. The van der Waals surface area contributed by atoms with Gasteiger partial charge in [0, 0.05) is 16.1 Å². The Morgan fingerprint density at radius 2 is 2.24 bits per heavy atom. The number of allylic oxidation sites excluding steroid dienone is 1. The summed E-state index contributed by atoms with van der Waals surface area (Å²) in [5.41, 5.74) is 1.18. The van der Waals surface area contributed by atoms with Gasteiger partial charge in [0.05, 0.1) is 18.7 Å². The highest BCUT2D eigenvalue weighted by molar-refractivity contribution is 9.11. The molecule has 2 aromatic rings. The van der Waals surface area contributed by atoms with Crippen molar-refractivity contribution in [3.63, 3.8) is 0 Å². The Morgan fingerprint density at radius 3 is 2.94 bits per heavy atom. The number of nitrogens with zero attached hydrogens (tertiary/aromatic N) is 1. The van der Waals surface area contributed by atoms with Gasteiger partial charge in [0.1, 0.15) is 5.75 Å². The van der Waals surface area contributed by atoms with Crippen LogP contribution in [0.3, 0.4) is 0 Å². The molecular formula is C14H16BrNO. The zero-order chi connectivity index (χ0) is 12.3. The number of benzene rings is 1. The van der Waals surface area contributed by atoms with E-state index in [0.717, 1.165) is 35.2 Å². The lowest BCUT2D eigenvalue weighted by molar-refractivity contribution is 0.321. The third kappa shape index (κ3) is 2.72. The van der Waals surface area contributed by atoms with Crippen LogP contribution in [0.25, 0.3) is 10.9 Å².